The first-order valence-electron chi connectivity index (χ1n) is 6.63. The predicted octanol–water partition coefficient (Wildman–Crippen LogP) is 2.67. The first kappa shape index (κ1) is 12.9. The van der Waals surface area contributed by atoms with Crippen LogP contribution in [-0.2, 0) is 0 Å². The minimum absolute atomic E-state index is 0.674. The van der Waals surface area contributed by atoms with Gasteiger partial charge in [-0.2, -0.15) is 5.26 Å². The lowest BCUT2D eigenvalue weighted by atomic mass is 10.2. The Kier molecular flexibility index (Phi) is 4.60. The van der Waals surface area contributed by atoms with Crippen LogP contribution in [0.3, 0.4) is 0 Å². The summed E-state index contributed by atoms with van der Waals surface area (Å²) in [4.78, 5) is 2.51. The monoisotopic (exact) mass is 244 g/mol. The van der Waals surface area contributed by atoms with E-state index >= 15 is 0 Å². The van der Waals surface area contributed by atoms with E-state index < -0.39 is 0 Å². The van der Waals surface area contributed by atoms with E-state index in [4.69, 9.17) is 10.00 Å². The first-order valence-corrected chi connectivity index (χ1v) is 6.63. The quantitative estimate of drug-likeness (QED) is 0.747. The van der Waals surface area contributed by atoms with Crippen molar-refractivity contribution in [1.29, 1.82) is 5.26 Å². The van der Waals surface area contributed by atoms with Crippen molar-refractivity contribution in [1.82, 2.24) is 4.90 Å². The van der Waals surface area contributed by atoms with Gasteiger partial charge in [-0.05, 0) is 49.6 Å². The zero-order valence-corrected chi connectivity index (χ0v) is 10.9. The fraction of sp³-hybridized carbons (Fsp3) is 0.533. The van der Waals surface area contributed by atoms with Gasteiger partial charge in [0.25, 0.3) is 0 Å². The molecule has 3 nitrogen and oxygen atoms in total. The summed E-state index contributed by atoms with van der Waals surface area (Å²) in [5, 5.41) is 8.69. The minimum Gasteiger partial charge on any atom is -0.494 e. The Balaban J connectivity index is 1.64. The van der Waals surface area contributed by atoms with Crippen LogP contribution in [-0.4, -0.2) is 31.1 Å². The zero-order valence-electron chi connectivity index (χ0n) is 10.9. The lowest BCUT2D eigenvalue weighted by Crippen LogP contribution is -2.22. The van der Waals surface area contributed by atoms with Crippen molar-refractivity contribution in [3.8, 4) is 11.8 Å². The molecule has 1 atom stereocenters. The molecule has 0 N–H and O–H groups in total. The van der Waals surface area contributed by atoms with E-state index in [-0.39, 0.29) is 0 Å². The lowest BCUT2D eigenvalue weighted by molar-refractivity contribution is 0.259. The third kappa shape index (κ3) is 3.75. The van der Waals surface area contributed by atoms with Gasteiger partial charge in [0.1, 0.15) is 5.75 Å². The minimum atomic E-state index is 0.674. The number of ether oxygens (including phenoxy) is 1. The molecule has 0 bridgehead atoms. The normalized spacial score (nSPS) is 19.7. The van der Waals surface area contributed by atoms with E-state index in [0.29, 0.717) is 5.56 Å². The molecule has 2 rings (SSSR count). The molecule has 18 heavy (non-hydrogen) atoms. The van der Waals surface area contributed by atoms with Crippen LogP contribution in [0.1, 0.15) is 25.3 Å². The van der Waals surface area contributed by atoms with Crippen molar-refractivity contribution in [3.63, 3.8) is 0 Å². The van der Waals surface area contributed by atoms with Crippen LogP contribution in [0.4, 0.5) is 0 Å². The fourth-order valence-electron chi connectivity index (χ4n) is 2.33. The van der Waals surface area contributed by atoms with Gasteiger partial charge in [-0.3, -0.25) is 0 Å². The van der Waals surface area contributed by atoms with E-state index in [0.717, 1.165) is 31.2 Å². The number of hydrogen-bond donors (Lipinski definition) is 0. The number of rotatable bonds is 5. The second-order valence-electron chi connectivity index (χ2n) is 5.03. The van der Waals surface area contributed by atoms with Gasteiger partial charge in [-0.15, -0.1) is 0 Å². The average molecular weight is 244 g/mol. The Morgan fingerprint density at radius 3 is 2.78 bits per heavy atom. The summed E-state index contributed by atoms with van der Waals surface area (Å²) in [6.07, 6.45) is 2.39. The van der Waals surface area contributed by atoms with Gasteiger partial charge in [-0.25, -0.2) is 0 Å². The number of hydrogen-bond acceptors (Lipinski definition) is 3. The summed E-state index contributed by atoms with van der Waals surface area (Å²) in [6.45, 7) is 6.65. The van der Waals surface area contributed by atoms with Gasteiger partial charge in [-0.1, -0.05) is 6.92 Å². The number of nitriles is 1. The Morgan fingerprint density at radius 2 is 2.17 bits per heavy atom. The van der Waals surface area contributed by atoms with Crippen LogP contribution in [0, 0.1) is 17.2 Å². The van der Waals surface area contributed by atoms with Crippen molar-refractivity contribution < 1.29 is 4.74 Å². The molecule has 1 aliphatic heterocycles. The highest BCUT2D eigenvalue weighted by Crippen LogP contribution is 2.15. The molecule has 0 amide bonds. The van der Waals surface area contributed by atoms with Gasteiger partial charge in [0.05, 0.1) is 18.2 Å². The number of nitrogens with zero attached hydrogens (tertiary/aromatic N) is 2. The van der Waals surface area contributed by atoms with E-state index in [1.54, 1.807) is 12.1 Å². The highest BCUT2D eigenvalue weighted by atomic mass is 16.5. The van der Waals surface area contributed by atoms with Crippen LogP contribution in [0.15, 0.2) is 24.3 Å². The molecular weight excluding hydrogens is 224 g/mol. The van der Waals surface area contributed by atoms with Gasteiger partial charge < -0.3 is 9.64 Å². The molecule has 0 aliphatic carbocycles. The highest BCUT2D eigenvalue weighted by Gasteiger charge is 2.17. The first-order chi connectivity index (χ1) is 8.78. The largest absolute Gasteiger partial charge is 0.494 e. The van der Waals surface area contributed by atoms with E-state index in [2.05, 4.69) is 17.9 Å². The highest BCUT2D eigenvalue weighted by molar-refractivity contribution is 5.34. The maximum atomic E-state index is 8.69. The number of likely N-dealkylation sites (tertiary alicyclic amines) is 1. The Hall–Kier alpha value is -1.53. The van der Waals surface area contributed by atoms with Crippen molar-refractivity contribution >= 4 is 0 Å². The molecule has 1 aromatic rings. The SMILES string of the molecule is CC1CCN(CCCOc2ccc(C#N)cc2)C1. The van der Waals surface area contributed by atoms with E-state index in [1.165, 1.54) is 19.5 Å². The van der Waals surface area contributed by atoms with E-state index in [1.807, 2.05) is 12.1 Å². The molecular formula is C15H20N2O. The van der Waals surface area contributed by atoms with Crippen molar-refractivity contribution in [3.05, 3.63) is 29.8 Å². The summed E-state index contributed by atoms with van der Waals surface area (Å²) in [7, 11) is 0. The second-order valence-corrected chi connectivity index (χ2v) is 5.03. The maximum Gasteiger partial charge on any atom is 0.119 e. The summed E-state index contributed by atoms with van der Waals surface area (Å²) in [5.41, 5.74) is 0.674. The molecule has 0 radical (unpaired) electrons. The Bertz CT molecular complexity index is 407. The molecule has 3 heteroatoms. The lowest BCUT2D eigenvalue weighted by Gasteiger charge is -2.15. The van der Waals surface area contributed by atoms with Gasteiger partial charge in [0.2, 0.25) is 0 Å². The summed E-state index contributed by atoms with van der Waals surface area (Å²) in [5.74, 6) is 1.70. The summed E-state index contributed by atoms with van der Waals surface area (Å²) in [6, 6.07) is 9.39. The smallest absolute Gasteiger partial charge is 0.119 e. The van der Waals surface area contributed by atoms with Crippen LogP contribution in [0.25, 0.3) is 0 Å². The molecule has 1 aliphatic rings. The molecule has 1 heterocycles. The summed E-state index contributed by atoms with van der Waals surface area (Å²) < 4.78 is 5.66. The second kappa shape index (κ2) is 6.42. The van der Waals surface area contributed by atoms with E-state index in [9.17, 15) is 0 Å². The van der Waals surface area contributed by atoms with Gasteiger partial charge in [0, 0.05) is 13.1 Å². The predicted molar refractivity (Wildman–Crippen MR) is 71.5 cm³/mol. The van der Waals surface area contributed by atoms with Crippen molar-refractivity contribution in [2.45, 2.75) is 19.8 Å². The molecule has 0 spiro atoms. The Labute approximate surface area is 109 Å². The van der Waals surface area contributed by atoms with Gasteiger partial charge >= 0.3 is 0 Å². The molecule has 1 saturated heterocycles. The molecule has 0 aromatic heterocycles. The molecule has 1 fully saturated rings. The number of benzene rings is 1. The maximum absolute atomic E-state index is 8.69. The fourth-order valence-corrected chi connectivity index (χ4v) is 2.33. The average Bonchev–Trinajstić information content (AvgIpc) is 2.81. The topological polar surface area (TPSA) is 36.3 Å². The van der Waals surface area contributed by atoms with Crippen molar-refractivity contribution in [2.24, 2.45) is 5.92 Å². The third-order valence-corrected chi connectivity index (χ3v) is 3.38. The van der Waals surface area contributed by atoms with Gasteiger partial charge in [0.15, 0.2) is 0 Å². The van der Waals surface area contributed by atoms with Crippen molar-refractivity contribution in [2.75, 3.05) is 26.2 Å². The van der Waals surface area contributed by atoms with Crippen LogP contribution < -0.4 is 4.74 Å². The molecule has 1 unspecified atom stereocenters. The Morgan fingerprint density at radius 1 is 1.39 bits per heavy atom. The molecule has 1 aromatic carbocycles. The van der Waals surface area contributed by atoms with Crippen LogP contribution in [0.5, 0.6) is 5.75 Å². The molecule has 0 saturated carbocycles. The standard InChI is InChI=1S/C15H20N2O/c1-13-7-9-17(12-13)8-2-10-18-15-5-3-14(11-16)4-6-15/h3-6,13H,2,7-10,12H2,1H3. The molecule has 96 valence electrons. The third-order valence-electron chi connectivity index (χ3n) is 3.38. The van der Waals surface area contributed by atoms with Crippen LogP contribution in [0.2, 0.25) is 0 Å². The zero-order chi connectivity index (χ0) is 12.8. The summed E-state index contributed by atoms with van der Waals surface area (Å²) >= 11 is 0. The van der Waals surface area contributed by atoms with Crippen LogP contribution >= 0.6 is 0 Å².